The van der Waals surface area contributed by atoms with Gasteiger partial charge in [0.1, 0.15) is 0 Å². The summed E-state index contributed by atoms with van der Waals surface area (Å²) in [5, 5.41) is 3.78. The first-order valence-electron chi connectivity index (χ1n) is 4.54. The molecule has 0 aliphatic rings. The van der Waals surface area contributed by atoms with Gasteiger partial charge in [-0.25, -0.2) is 0 Å². The van der Waals surface area contributed by atoms with Crippen molar-refractivity contribution in [3.8, 4) is 0 Å². The Balaban J connectivity index is 3.00. The molecule has 0 radical (unpaired) electrons. The summed E-state index contributed by atoms with van der Waals surface area (Å²) in [7, 11) is 1.89. The van der Waals surface area contributed by atoms with Crippen molar-refractivity contribution in [2.45, 2.75) is 6.92 Å². The van der Waals surface area contributed by atoms with Crippen LogP contribution in [0.4, 0.5) is 0 Å². The second kappa shape index (κ2) is 5.51. The van der Waals surface area contributed by atoms with Crippen LogP contribution in [0.25, 0.3) is 5.57 Å². The first-order valence-corrected chi connectivity index (χ1v) is 4.92. The van der Waals surface area contributed by atoms with Gasteiger partial charge in [0, 0.05) is 18.3 Å². The minimum atomic E-state index is 0.762. The zero-order valence-corrected chi connectivity index (χ0v) is 9.18. The SMILES string of the molecule is C/C=C\C(=C/NC)c1ccc(Cl)cc1. The monoisotopic (exact) mass is 207 g/mol. The molecule has 0 bridgehead atoms. The highest BCUT2D eigenvalue weighted by atomic mass is 35.5. The fraction of sp³-hybridized carbons (Fsp3) is 0.167. The Morgan fingerprint density at radius 2 is 1.93 bits per heavy atom. The summed E-state index contributed by atoms with van der Waals surface area (Å²) in [6.07, 6.45) is 6.03. The molecule has 0 aromatic heterocycles. The fourth-order valence-corrected chi connectivity index (χ4v) is 1.33. The molecule has 0 saturated heterocycles. The smallest absolute Gasteiger partial charge is 0.0406 e. The van der Waals surface area contributed by atoms with Crippen LogP contribution < -0.4 is 5.32 Å². The van der Waals surface area contributed by atoms with E-state index in [1.165, 1.54) is 0 Å². The number of halogens is 1. The van der Waals surface area contributed by atoms with Crippen molar-refractivity contribution in [2.24, 2.45) is 0 Å². The quantitative estimate of drug-likeness (QED) is 0.749. The number of hydrogen-bond donors (Lipinski definition) is 1. The van der Waals surface area contributed by atoms with E-state index in [9.17, 15) is 0 Å². The lowest BCUT2D eigenvalue weighted by Crippen LogP contribution is -1.94. The molecule has 74 valence electrons. The molecule has 0 aliphatic carbocycles. The van der Waals surface area contributed by atoms with Crippen LogP contribution in [0.5, 0.6) is 0 Å². The van der Waals surface area contributed by atoms with Crippen molar-refractivity contribution in [2.75, 3.05) is 7.05 Å². The van der Waals surface area contributed by atoms with E-state index in [0.29, 0.717) is 0 Å². The molecular formula is C12H14ClN. The Kier molecular flexibility index (Phi) is 4.27. The van der Waals surface area contributed by atoms with Gasteiger partial charge in [0.25, 0.3) is 0 Å². The maximum Gasteiger partial charge on any atom is 0.0406 e. The van der Waals surface area contributed by atoms with Gasteiger partial charge < -0.3 is 5.32 Å². The summed E-state index contributed by atoms with van der Waals surface area (Å²) >= 11 is 5.82. The molecule has 1 nitrogen and oxygen atoms in total. The molecule has 1 aromatic rings. The van der Waals surface area contributed by atoms with Crippen molar-refractivity contribution in [3.05, 3.63) is 53.2 Å². The first-order chi connectivity index (χ1) is 6.77. The van der Waals surface area contributed by atoms with Gasteiger partial charge in [-0.15, -0.1) is 0 Å². The number of nitrogens with one attached hydrogen (secondary N) is 1. The Morgan fingerprint density at radius 1 is 1.29 bits per heavy atom. The summed E-state index contributed by atoms with van der Waals surface area (Å²) in [6.45, 7) is 2.00. The average Bonchev–Trinajstić information content (AvgIpc) is 2.19. The fourth-order valence-electron chi connectivity index (χ4n) is 1.21. The van der Waals surface area contributed by atoms with Crippen LogP contribution in [0, 0.1) is 0 Å². The average molecular weight is 208 g/mol. The lowest BCUT2D eigenvalue weighted by molar-refractivity contribution is 1.11. The van der Waals surface area contributed by atoms with Crippen molar-refractivity contribution in [1.82, 2.24) is 5.32 Å². The second-order valence-corrected chi connectivity index (χ2v) is 3.33. The van der Waals surface area contributed by atoms with Crippen molar-refractivity contribution >= 4 is 17.2 Å². The van der Waals surface area contributed by atoms with Crippen LogP contribution in [0.15, 0.2) is 42.6 Å². The molecule has 14 heavy (non-hydrogen) atoms. The molecule has 1 rings (SSSR count). The third-order valence-corrected chi connectivity index (χ3v) is 2.08. The molecule has 2 heteroatoms. The molecule has 0 fully saturated rings. The summed E-state index contributed by atoms with van der Waals surface area (Å²) < 4.78 is 0. The Morgan fingerprint density at radius 3 is 2.43 bits per heavy atom. The number of allylic oxidation sites excluding steroid dienone is 3. The molecule has 0 saturated carbocycles. The highest BCUT2D eigenvalue weighted by Gasteiger charge is 1.96. The molecule has 0 unspecified atom stereocenters. The summed E-state index contributed by atoms with van der Waals surface area (Å²) in [6, 6.07) is 7.80. The highest BCUT2D eigenvalue weighted by Crippen LogP contribution is 2.17. The molecule has 0 heterocycles. The third kappa shape index (κ3) is 2.93. The Hall–Kier alpha value is -1.21. The van der Waals surface area contributed by atoms with Gasteiger partial charge in [-0.2, -0.15) is 0 Å². The molecular weight excluding hydrogens is 194 g/mol. The van der Waals surface area contributed by atoms with E-state index >= 15 is 0 Å². The lowest BCUT2D eigenvalue weighted by Gasteiger charge is -2.02. The van der Waals surface area contributed by atoms with Gasteiger partial charge in [0.05, 0.1) is 0 Å². The topological polar surface area (TPSA) is 12.0 Å². The van der Waals surface area contributed by atoms with Crippen molar-refractivity contribution in [1.29, 1.82) is 0 Å². The zero-order chi connectivity index (χ0) is 10.4. The number of hydrogen-bond acceptors (Lipinski definition) is 1. The lowest BCUT2D eigenvalue weighted by atomic mass is 10.1. The van der Waals surface area contributed by atoms with Crippen molar-refractivity contribution in [3.63, 3.8) is 0 Å². The van der Waals surface area contributed by atoms with Crippen LogP contribution >= 0.6 is 11.6 Å². The van der Waals surface area contributed by atoms with E-state index < -0.39 is 0 Å². The summed E-state index contributed by atoms with van der Waals surface area (Å²) in [4.78, 5) is 0. The first kappa shape index (κ1) is 10.9. The molecule has 0 amide bonds. The molecule has 0 atom stereocenters. The van der Waals surface area contributed by atoms with Gasteiger partial charge >= 0.3 is 0 Å². The Labute approximate surface area is 90.1 Å². The van der Waals surface area contributed by atoms with E-state index in [0.717, 1.165) is 16.2 Å². The predicted octanol–water partition coefficient (Wildman–Crippen LogP) is 3.48. The van der Waals surface area contributed by atoms with Gasteiger partial charge in [-0.05, 0) is 30.2 Å². The maximum absolute atomic E-state index is 5.82. The number of rotatable bonds is 3. The second-order valence-electron chi connectivity index (χ2n) is 2.90. The highest BCUT2D eigenvalue weighted by molar-refractivity contribution is 6.30. The van der Waals surface area contributed by atoms with Gasteiger partial charge in [-0.3, -0.25) is 0 Å². The van der Waals surface area contributed by atoms with Gasteiger partial charge in [0.15, 0.2) is 0 Å². The van der Waals surface area contributed by atoms with Crippen LogP contribution in [0.1, 0.15) is 12.5 Å². The molecule has 0 spiro atoms. The molecule has 0 aliphatic heterocycles. The predicted molar refractivity (Wildman–Crippen MR) is 63.3 cm³/mol. The summed E-state index contributed by atoms with van der Waals surface area (Å²) in [5.41, 5.74) is 2.30. The maximum atomic E-state index is 5.82. The molecule has 1 aromatic carbocycles. The van der Waals surface area contributed by atoms with E-state index in [1.54, 1.807) is 0 Å². The normalized spacial score (nSPS) is 12.1. The molecule has 1 N–H and O–H groups in total. The van der Waals surface area contributed by atoms with Gasteiger partial charge in [0.2, 0.25) is 0 Å². The van der Waals surface area contributed by atoms with Crippen LogP contribution in [0.3, 0.4) is 0 Å². The van der Waals surface area contributed by atoms with E-state index in [1.807, 2.05) is 50.5 Å². The van der Waals surface area contributed by atoms with Crippen LogP contribution in [-0.2, 0) is 0 Å². The van der Waals surface area contributed by atoms with Gasteiger partial charge in [-0.1, -0.05) is 35.9 Å². The summed E-state index contributed by atoms with van der Waals surface area (Å²) in [5.74, 6) is 0. The minimum absolute atomic E-state index is 0.762. The van der Waals surface area contributed by atoms with Crippen LogP contribution in [-0.4, -0.2) is 7.05 Å². The Bertz CT molecular complexity index is 336. The largest absolute Gasteiger partial charge is 0.393 e. The van der Waals surface area contributed by atoms with Crippen molar-refractivity contribution < 1.29 is 0 Å². The van der Waals surface area contributed by atoms with E-state index in [-0.39, 0.29) is 0 Å². The van der Waals surface area contributed by atoms with E-state index in [4.69, 9.17) is 11.6 Å². The van der Waals surface area contributed by atoms with E-state index in [2.05, 4.69) is 11.4 Å². The standard InChI is InChI=1S/C12H14ClN/c1-3-4-11(9-14-2)10-5-7-12(13)8-6-10/h3-9,14H,1-2H3/b4-3-,11-9+. The number of benzene rings is 1. The zero-order valence-electron chi connectivity index (χ0n) is 8.42. The third-order valence-electron chi connectivity index (χ3n) is 1.82. The van der Waals surface area contributed by atoms with Crippen LogP contribution in [0.2, 0.25) is 5.02 Å². The minimum Gasteiger partial charge on any atom is -0.393 e.